The Morgan fingerprint density at radius 3 is 2.75 bits per heavy atom. The monoisotopic (exact) mass is 339 g/mol. The summed E-state index contributed by atoms with van der Waals surface area (Å²) in [6, 6.07) is 10.5. The molecular weight excluding hydrogens is 329 g/mol. The summed E-state index contributed by atoms with van der Waals surface area (Å²) in [5, 5.41) is 11.1. The zero-order valence-electron chi connectivity index (χ0n) is 10.4. The summed E-state index contributed by atoms with van der Waals surface area (Å²) >= 11 is 3.26. The summed E-state index contributed by atoms with van der Waals surface area (Å²) in [7, 11) is 0. The highest BCUT2D eigenvalue weighted by molar-refractivity contribution is 9.08. The molecule has 2 rings (SSSR count). The molecule has 2 aromatic carbocycles. The van der Waals surface area contributed by atoms with E-state index >= 15 is 0 Å². The second-order valence-corrected chi connectivity index (χ2v) is 4.66. The molecule has 0 aliphatic carbocycles. The van der Waals surface area contributed by atoms with Crippen LogP contribution in [0.2, 0.25) is 0 Å². The molecule has 0 saturated heterocycles. The lowest BCUT2D eigenvalue weighted by Crippen LogP contribution is -1.99. The van der Waals surface area contributed by atoms with Crippen LogP contribution in [0.3, 0.4) is 0 Å². The molecule has 0 radical (unpaired) electrons. The summed E-state index contributed by atoms with van der Waals surface area (Å²) in [6.45, 7) is 0.188. The maximum Gasteiger partial charge on any atom is 0.269 e. The summed E-state index contributed by atoms with van der Waals surface area (Å²) < 4.78 is 18.7. The van der Waals surface area contributed by atoms with Gasteiger partial charge in [-0.2, -0.15) is 0 Å². The Labute approximate surface area is 123 Å². The van der Waals surface area contributed by atoms with Crippen LogP contribution in [-0.2, 0) is 11.9 Å². The van der Waals surface area contributed by atoms with Crippen molar-refractivity contribution >= 4 is 21.6 Å². The van der Waals surface area contributed by atoms with Crippen molar-refractivity contribution in [3.63, 3.8) is 0 Å². The Bertz CT molecular complexity index is 634. The van der Waals surface area contributed by atoms with Crippen LogP contribution in [0, 0.1) is 15.9 Å². The molecule has 0 bridgehead atoms. The first kappa shape index (κ1) is 14.5. The van der Waals surface area contributed by atoms with Gasteiger partial charge in [0.25, 0.3) is 5.69 Å². The van der Waals surface area contributed by atoms with Crippen molar-refractivity contribution in [2.45, 2.75) is 11.9 Å². The highest BCUT2D eigenvalue weighted by Crippen LogP contribution is 2.23. The lowest BCUT2D eigenvalue weighted by molar-refractivity contribution is -0.384. The number of halogens is 2. The van der Waals surface area contributed by atoms with Crippen molar-refractivity contribution in [3.8, 4) is 5.75 Å². The largest absolute Gasteiger partial charge is 0.489 e. The molecule has 0 heterocycles. The SMILES string of the molecule is O=[N+]([O-])c1cccc(COc2ccc(F)cc2CBr)c1. The molecule has 2 aromatic rings. The summed E-state index contributed by atoms with van der Waals surface area (Å²) in [4.78, 5) is 10.2. The fourth-order valence-electron chi connectivity index (χ4n) is 1.71. The van der Waals surface area contributed by atoms with Crippen LogP contribution in [0.25, 0.3) is 0 Å². The minimum absolute atomic E-state index is 0.0194. The molecule has 0 fully saturated rings. The minimum Gasteiger partial charge on any atom is -0.489 e. The van der Waals surface area contributed by atoms with Crippen LogP contribution in [0.1, 0.15) is 11.1 Å². The molecule has 104 valence electrons. The Morgan fingerprint density at radius 2 is 2.05 bits per heavy atom. The Morgan fingerprint density at radius 1 is 1.25 bits per heavy atom. The van der Waals surface area contributed by atoms with Crippen LogP contribution in [-0.4, -0.2) is 4.92 Å². The summed E-state index contributed by atoms with van der Waals surface area (Å²) in [5.41, 5.74) is 1.39. The number of nitro benzene ring substituents is 1. The van der Waals surface area contributed by atoms with Crippen LogP contribution in [0.5, 0.6) is 5.75 Å². The van der Waals surface area contributed by atoms with Gasteiger partial charge in [0.15, 0.2) is 0 Å². The highest BCUT2D eigenvalue weighted by Gasteiger charge is 2.08. The number of rotatable bonds is 5. The third-order valence-corrected chi connectivity index (χ3v) is 3.29. The van der Waals surface area contributed by atoms with E-state index in [1.807, 2.05) is 0 Å². The lowest BCUT2D eigenvalue weighted by Gasteiger charge is -2.10. The van der Waals surface area contributed by atoms with E-state index in [1.54, 1.807) is 18.2 Å². The maximum absolute atomic E-state index is 13.1. The molecule has 6 heteroatoms. The van der Waals surface area contributed by atoms with E-state index in [2.05, 4.69) is 15.9 Å². The zero-order valence-corrected chi connectivity index (χ0v) is 12.0. The molecule has 0 N–H and O–H groups in total. The fourth-order valence-corrected chi connectivity index (χ4v) is 2.15. The summed E-state index contributed by atoms with van der Waals surface area (Å²) in [5.74, 6) is 0.219. The third-order valence-electron chi connectivity index (χ3n) is 2.68. The second kappa shape index (κ2) is 6.47. The molecule has 0 unspecified atom stereocenters. The minimum atomic E-state index is -0.453. The van der Waals surface area contributed by atoms with Crippen molar-refractivity contribution in [2.24, 2.45) is 0 Å². The van der Waals surface area contributed by atoms with E-state index in [-0.39, 0.29) is 18.1 Å². The predicted molar refractivity (Wildman–Crippen MR) is 76.5 cm³/mol. The van der Waals surface area contributed by atoms with Gasteiger partial charge in [0.05, 0.1) is 4.92 Å². The van der Waals surface area contributed by atoms with Gasteiger partial charge >= 0.3 is 0 Å². The molecule has 0 aliphatic heterocycles. The number of non-ortho nitro benzene ring substituents is 1. The second-order valence-electron chi connectivity index (χ2n) is 4.10. The quantitative estimate of drug-likeness (QED) is 0.465. The smallest absolute Gasteiger partial charge is 0.269 e. The van der Waals surface area contributed by atoms with Crippen molar-refractivity contribution in [1.82, 2.24) is 0 Å². The molecule has 0 spiro atoms. The van der Waals surface area contributed by atoms with Crippen LogP contribution >= 0.6 is 15.9 Å². The topological polar surface area (TPSA) is 52.4 Å². The zero-order chi connectivity index (χ0) is 14.5. The molecule has 0 aromatic heterocycles. The fraction of sp³-hybridized carbons (Fsp3) is 0.143. The number of alkyl halides is 1. The van der Waals surface area contributed by atoms with Gasteiger partial charge in [-0.25, -0.2) is 4.39 Å². The van der Waals surface area contributed by atoms with E-state index in [0.29, 0.717) is 22.2 Å². The van der Waals surface area contributed by atoms with E-state index in [9.17, 15) is 14.5 Å². The molecule has 0 atom stereocenters. The van der Waals surface area contributed by atoms with Gasteiger partial charge in [-0.15, -0.1) is 0 Å². The first-order valence-electron chi connectivity index (χ1n) is 5.80. The lowest BCUT2D eigenvalue weighted by atomic mass is 10.2. The van der Waals surface area contributed by atoms with Gasteiger partial charge in [0, 0.05) is 23.0 Å². The van der Waals surface area contributed by atoms with Crippen molar-refractivity contribution in [3.05, 3.63) is 69.5 Å². The number of nitro groups is 1. The van der Waals surface area contributed by atoms with E-state index in [1.165, 1.54) is 24.3 Å². The molecule has 0 saturated carbocycles. The molecule has 0 aliphatic rings. The molecule has 20 heavy (non-hydrogen) atoms. The number of hydrogen-bond acceptors (Lipinski definition) is 3. The van der Waals surface area contributed by atoms with Crippen LogP contribution in [0.15, 0.2) is 42.5 Å². The van der Waals surface area contributed by atoms with Gasteiger partial charge < -0.3 is 4.74 Å². The van der Waals surface area contributed by atoms with Gasteiger partial charge in [-0.1, -0.05) is 28.1 Å². The van der Waals surface area contributed by atoms with Crippen LogP contribution in [0.4, 0.5) is 10.1 Å². The van der Waals surface area contributed by atoms with E-state index in [4.69, 9.17) is 4.74 Å². The first-order valence-corrected chi connectivity index (χ1v) is 6.93. The Kier molecular flexibility index (Phi) is 4.68. The molecule has 4 nitrogen and oxygen atoms in total. The van der Waals surface area contributed by atoms with Gasteiger partial charge in [-0.3, -0.25) is 10.1 Å². The van der Waals surface area contributed by atoms with Crippen LogP contribution < -0.4 is 4.74 Å². The Balaban J connectivity index is 2.12. The van der Waals surface area contributed by atoms with Crippen molar-refractivity contribution < 1.29 is 14.1 Å². The van der Waals surface area contributed by atoms with Gasteiger partial charge in [0.1, 0.15) is 18.2 Å². The molecular formula is C14H11BrFNO3. The van der Waals surface area contributed by atoms with E-state index < -0.39 is 4.92 Å². The molecule has 0 amide bonds. The first-order chi connectivity index (χ1) is 9.60. The number of hydrogen-bond donors (Lipinski definition) is 0. The average Bonchev–Trinajstić information content (AvgIpc) is 2.46. The van der Waals surface area contributed by atoms with Gasteiger partial charge in [-0.05, 0) is 23.8 Å². The number of nitrogens with zero attached hydrogens (tertiary/aromatic N) is 1. The third kappa shape index (κ3) is 3.54. The average molecular weight is 340 g/mol. The predicted octanol–water partition coefficient (Wildman–Crippen LogP) is 4.21. The van der Waals surface area contributed by atoms with Crippen molar-refractivity contribution in [1.29, 1.82) is 0 Å². The standard InChI is InChI=1S/C14H11BrFNO3/c15-8-11-7-12(16)4-5-14(11)20-9-10-2-1-3-13(6-10)17(18)19/h1-7H,8-9H2. The van der Waals surface area contributed by atoms with Crippen molar-refractivity contribution in [2.75, 3.05) is 0 Å². The number of benzene rings is 2. The highest BCUT2D eigenvalue weighted by atomic mass is 79.9. The summed E-state index contributed by atoms with van der Waals surface area (Å²) in [6.07, 6.45) is 0. The van der Waals surface area contributed by atoms with E-state index in [0.717, 1.165) is 0 Å². The maximum atomic E-state index is 13.1. The Hall–Kier alpha value is -1.95. The van der Waals surface area contributed by atoms with Gasteiger partial charge in [0.2, 0.25) is 0 Å². The normalized spacial score (nSPS) is 10.3. The number of ether oxygens (including phenoxy) is 1.